The number of nitrogens with one attached hydrogen (secondary N) is 2. The van der Waals surface area contributed by atoms with Gasteiger partial charge in [0, 0.05) is 22.5 Å². The first-order valence-electron chi connectivity index (χ1n) is 12.6. The number of rotatable bonds is 8. The summed E-state index contributed by atoms with van der Waals surface area (Å²) in [5, 5.41) is 11.1. The highest BCUT2D eigenvalue weighted by atomic mass is 79.9. The number of para-hydroxylation sites is 2. The van der Waals surface area contributed by atoms with Crippen LogP contribution in [0.1, 0.15) is 32.0 Å². The summed E-state index contributed by atoms with van der Waals surface area (Å²) in [7, 11) is 0. The Morgan fingerprint density at radius 3 is 2.31 bits per heavy atom. The molecule has 1 heterocycles. The normalized spacial score (nSPS) is 11.2. The van der Waals surface area contributed by atoms with Gasteiger partial charge in [-0.15, -0.1) is 0 Å². The molecule has 0 aliphatic heterocycles. The van der Waals surface area contributed by atoms with E-state index in [-0.39, 0.29) is 23.9 Å². The van der Waals surface area contributed by atoms with Crippen LogP contribution in [-0.2, 0) is 16.6 Å². The second-order valence-corrected chi connectivity index (χ2v) is 11.4. The van der Waals surface area contributed by atoms with Crippen molar-refractivity contribution in [1.29, 1.82) is 0 Å². The van der Waals surface area contributed by atoms with Crippen LogP contribution >= 0.6 is 27.5 Å². The third kappa shape index (κ3) is 7.49. The lowest BCUT2D eigenvalue weighted by molar-refractivity contribution is -0.116. The smallest absolute Gasteiger partial charge is 0.315 e. The van der Waals surface area contributed by atoms with Crippen molar-refractivity contribution in [2.24, 2.45) is 0 Å². The molecule has 3 aromatic carbocycles. The van der Waals surface area contributed by atoms with Gasteiger partial charge in [-0.05, 0) is 52.2 Å². The minimum absolute atomic E-state index is 0.151. The van der Waals surface area contributed by atoms with Crippen LogP contribution in [0.2, 0.25) is 5.02 Å². The molecule has 0 aliphatic carbocycles. The topological polar surface area (TPSA) is 79.3 Å². The first-order valence-corrected chi connectivity index (χ1v) is 13.8. The molecule has 0 fully saturated rings. The van der Waals surface area contributed by atoms with Gasteiger partial charge >= 0.3 is 6.03 Å². The minimum Gasteiger partial charge on any atom is -0.315 e. The van der Waals surface area contributed by atoms with Crippen molar-refractivity contribution < 1.29 is 9.59 Å². The van der Waals surface area contributed by atoms with Crippen LogP contribution in [0.5, 0.6) is 0 Å². The molecule has 0 radical (unpaired) electrons. The monoisotopic (exact) mass is 607 g/mol. The quantitative estimate of drug-likeness (QED) is 0.220. The van der Waals surface area contributed by atoms with Crippen molar-refractivity contribution in [3.05, 3.63) is 106 Å². The molecule has 39 heavy (non-hydrogen) atoms. The lowest BCUT2D eigenvalue weighted by Crippen LogP contribution is -2.42. The molecule has 0 atom stereocenters. The molecule has 0 unspecified atom stereocenters. The predicted octanol–water partition coefficient (Wildman–Crippen LogP) is 7.30. The lowest BCUT2D eigenvalue weighted by Gasteiger charge is -2.23. The second kappa shape index (κ2) is 12.5. The van der Waals surface area contributed by atoms with E-state index < -0.39 is 0 Å². The first kappa shape index (κ1) is 28.4. The molecular formula is C30H31BrClN5O2. The van der Waals surface area contributed by atoms with E-state index in [1.165, 1.54) is 4.90 Å². The van der Waals surface area contributed by atoms with E-state index >= 15 is 0 Å². The van der Waals surface area contributed by atoms with Crippen LogP contribution < -0.4 is 10.6 Å². The van der Waals surface area contributed by atoms with Gasteiger partial charge in [-0.25, -0.2) is 9.48 Å². The van der Waals surface area contributed by atoms with E-state index in [2.05, 4.69) is 47.3 Å². The number of halogens is 2. The van der Waals surface area contributed by atoms with Crippen LogP contribution in [0.3, 0.4) is 0 Å². The first-order chi connectivity index (χ1) is 18.6. The van der Waals surface area contributed by atoms with Crippen LogP contribution in [-0.4, -0.2) is 39.7 Å². The van der Waals surface area contributed by atoms with E-state index in [0.29, 0.717) is 35.2 Å². The van der Waals surface area contributed by atoms with Crippen LogP contribution in [0.25, 0.3) is 5.69 Å². The Morgan fingerprint density at radius 1 is 0.949 bits per heavy atom. The van der Waals surface area contributed by atoms with Crippen molar-refractivity contribution >= 4 is 51.0 Å². The maximum atomic E-state index is 13.4. The third-order valence-electron chi connectivity index (χ3n) is 6.08. The standard InChI is InChI=1S/C30H31BrClN5O2/c1-30(2,3)26-19-27(37(35-26)25-16-10-8-14-23(25)32)34-28(38)20-36(18-17-21-11-5-4-6-12-21)29(39)33-24-15-9-7-13-22(24)31/h4-16,19H,17-18,20H2,1-3H3,(H,33,39)(H,34,38). The Hall–Kier alpha value is -3.62. The number of hydrogen-bond donors (Lipinski definition) is 2. The summed E-state index contributed by atoms with van der Waals surface area (Å²) in [5.74, 6) is 0.131. The summed E-state index contributed by atoms with van der Waals surface area (Å²) in [6.45, 7) is 6.35. The predicted molar refractivity (Wildman–Crippen MR) is 161 cm³/mol. The van der Waals surface area contributed by atoms with E-state index in [1.54, 1.807) is 16.8 Å². The van der Waals surface area contributed by atoms with E-state index in [0.717, 1.165) is 15.7 Å². The van der Waals surface area contributed by atoms with Crippen LogP contribution in [0, 0.1) is 0 Å². The lowest BCUT2D eigenvalue weighted by atomic mass is 9.92. The molecule has 0 spiro atoms. The minimum atomic E-state index is -0.372. The summed E-state index contributed by atoms with van der Waals surface area (Å²) in [6, 6.07) is 26.0. The van der Waals surface area contributed by atoms with Gasteiger partial charge in [-0.3, -0.25) is 4.79 Å². The molecule has 7 nitrogen and oxygen atoms in total. The van der Waals surface area contributed by atoms with Gasteiger partial charge in [-0.2, -0.15) is 5.10 Å². The summed E-state index contributed by atoms with van der Waals surface area (Å²) in [4.78, 5) is 28.2. The van der Waals surface area contributed by atoms with Gasteiger partial charge < -0.3 is 15.5 Å². The van der Waals surface area contributed by atoms with Gasteiger partial charge in [0.2, 0.25) is 5.91 Å². The molecule has 9 heteroatoms. The average Bonchev–Trinajstić information content (AvgIpc) is 3.32. The van der Waals surface area contributed by atoms with Crippen LogP contribution in [0.4, 0.5) is 16.3 Å². The third-order valence-corrected chi connectivity index (χ3v) is 7.09. The van der Waals surface area contributed by atoms with Gasteiger partial charge in [0.25, 0.3) is 0 Å². The van der Waals surface area contributed by atoms with Gasteiger partial charge in [-0.1, -0.05) is 87.0 Å². The Labute approximate surface area is 242 Å². The maximum absolute atomic E-state index is 13.4. The summed E-state index contributed by atoms with van der Waals surface area (Å²) < 4.78 is 2.39. The van der Waals surface area contributed by atoms with Crippen molar-refractivity contribution in [3.8, 4) is 5.69 Å². The number of anilines is 2. The van der Waals surface area contributed by atoms with E-state index in [4.69, 9.17) is 16.7 Å². The van der Waals surface area contributed by atoms with Crippen molar-refractivity contribution in [1.82, 2.24) is 14.7 Å². The molecule has 0 bridgehead atoms. The molecule has 202 valence electrons. The molecule has 3 amide bonds. The van der Waals surface area contributed by atoms with Crippen molar-refractivity contribution in [3.63, 3.8) is 0 Å². The Morgan fingerprint density at radius 2 is 1.62 bits per heavy atom. The highest BCUT2D eigenvalue weighted by Crippen LogP contribution is 2.29. The summed E-state index contributed by atoms with van der Waals surface area (Å²) >= 11 is 9.93. The van der Waals surface area contributed by atoms with E-state index in [1.807, 2.05) is 72.8 Å². The SMILES string of the molecule is CC(C)(C)c1cc(NC(=O)CN(CCc2ccccc2)C(=O)Nc2ccccc2Br)n(-c2ccccc2Cl)n1. The average molecular weight is 609 g/mol. The second-order valence-electron chi connectivity index (χ2n) is 10.1. The molecule has 0 saturated carbocycles. The Bertz CT molecular complexity index is 1450. The highest BCUT2D eigenvalue weighted by Gasteiger charge is 2.24. The molecule has 0 saturated heterocycles. The van der Waals surface area contributed by atoms with Gasteiger partial charge in [0.1, 0.15) is 12.4 Å². The number of amides is 3. The number of carbonyl (C=O) groups excluding carboxylic acids is 2. The molecule has 1 aromatic heterocycles. The fourth-order valence-corrected chi connectivity index (χ4v) is 4.52. The fourth-order valence-electron chi connectivity index (χ4n) is 3.92. The van der Waals surface area contributed by atoms with Crippen molar-refractivity contribution in [2.75, 3.05) is 23.7 Å². The van der Waals surface area contributed by atoms with Gasteiger partial charge in [0.15, 0.2) is 0 Å². The van der Waals surface area contributed by atoms with Crippen LogP contribution in [0.15, 0.2) is 89.4 Å². The number of urea groups is 1. The van der Waals surface area contributed by atoms with E-state index in [9.17, 15) is 9.59 Å². The molecule has 4 aromatic rings. The molecule has 0 aliphatic rings. The molecule has 4 rings (SSSR count). The van der Waals surface area contributed by atoms with Gasteiger partial charge in [0.05, 0.1) is 22.1 Å². The number of hydrogen-bond acceptors (Lipinski definition) is 3. The Kier molecular flexibility index (Phi) is 9.09. The molecule has 2 N–H and O–H groups in total. The zero-order valence-electron chi connectivity index (χ0n) is 22.1. The number of nitrogens with zero attached hydrogens (tertiary/aromatic N) is 3. The zero-order valence-corrected chi connectivity index (χ0v) is 24.5. The fraction of sp³-hybridized carbons (Fsp3) is 0.233. The molecular weight excluding hydrogens is 578 g/mol. The largest absolute Gasteiger partial charge is 0.322 e. The maximum Gasteiger partial charge on any atom is 0.322 e. The number of carbonyl (C=O) groups is 2. The number of benzene rings is 3. The summed E-state index contributed by atoms with van der Waals surface area (Å²) in [5.41, 5.74) is 2.89. The summed E-state index contributed by atoms with van der Waals surface area (Å²) in [6.07, 6.45) is 0.600. The highest BCUT2D eigenvalue weighted by molar-refractivity contribution is 9.10. The zero-order chi connectivity index (χ0) is 28.0. The Balaban J connectivity index is 1.57. The number of aromatic nitrogens is 2. The van der Waals surface area contributed by atoms with Crippen molar-refractivity contribution in [2.45, 2.75) is 32.6 Å².